The molecule has 0 aromatic heterocycles. The first-order valence-electron chi connectivity index (χ1n) is 6.15. The molecular weight excluding hydrogens is 234 g/mol. The zero-order valence-corrected chi connectivity index (χ0v) is 10.8. The Balaban J connectivity index is 1.79. The minimum absolute atomic E-state index is 0.133. The molecular formula is C14H18ClNO. The van der Waals surface area contributed by atoms with E-state index in [0.717, 1.165) is 5.56 Å². The van der Waals surface area contributed by atoms with E-state index in [1.807, 2.05) is 37.3 Å². The molecule has 2 rings (SSSR count). The number of alkyl halides is 1. The van der Waals surface area contributed by atoms with Crippen molar-refractivity contribution in [1.82, 2.24) is 5.32 Å². The zero-order valence-electron chi connectivity index (χ0n) is 10.0. The van der Waals surface area contributed by atoms with Crippen LogP contribution in [0.25, 0.3) is 0 Å². The van der Waals surface area contributed by atoms with Gasteiger partial charge in [-0.2, -0.15) is 0 Å². The summed E-state index contributed by atoms with van der Waals surface area (Å²) in [6.45, 7) is 2.50. The van der Waals surface area contributed by atoms with E-state index in [1.54, 1.807) is 0 Å². The fourth-order valence-corrected chi connectivity index (χ4v) is 2.16. The van der Waals surface area contributed by atoms with Gasteiger partial charge in [0.05, 0.1) is 5.38 Å². The monoisotopic (exact) mass is 251 g/mol. The maximum absolute atomic E-state index is 11.8. The van der Waals surface area contributed by atoms with Gasteiger partial charge in [0.15, 0.2) is 0 Å². The van der Waals surface area contributed by atoms with Crippen LogP contribution in [0.5, 0.6) is 0 Å². The Morgan fingerprint density at radius 1 is 1.41 bits per heavy atom. The Morgan fingerprint density at radius 3 is 2.65 bits per heavy atom. The molecule has 1 aliphatic carbocycles. The molecule has 0 bridgehead atoms. The number of hydrogen-bond acceptors (Lipinski definition) is 1. The third kappa shape index (κ3) is 3.47. The molecule has 2 nitrogen and oxygen atoms in total. The number of carbonyl (C=O) groups excluding carboxylic acids is 1. The molecule has 92 valence electrons. The summed E-state index contributed by atoms with van der Waals surface area (Å²) >= 11 is 6.24. The SMILES string of the molecule is CC(C(=O)NCC(Cl)c1ccccc1)C1CC1. The van der Waals surface area contributed by atoms with E-state index in [2.05, 4.69) is 5.32 Å². The van der Waals surface area contributed by atoms with Crippen molar-refractivity contribution in [2.24, 2.45) is 11.8 Å². The largest absolute Gasteiger partial charge is 0.354 e. The van der Waals surface area contributed by atoms with Gasteiger partial charge in [0, 0.05) is 12.5 Å². The molecule has 3 heteroatoms. The lowest BCUT2D eigenvalue weighted by Crippen LogP contribution is -2.32. The first kappa shape index (κ1) is 12.4. The highest BCUT2D eigenvalue weighted by Crippen LogP contribution is 2.36. The number of nitrogens with one attached hydrogen (secondary N) is 1. The van der Waals surface area contributed by atoms with E-state index in [-0.39, 0.29) is 17.2 Å². The van der Waals surface area contributed by atoms with E-state index in [9.17, 15) is 4.79 Å². The number of rotatable bonds is 5. The molecule has 1 N–H and O–H groups in total. The smallest absolute Gasteiger partial charge is 0.223 e. The summed E-state index contributed by atoms with van der Waals surface area (Å²) in [6, 6.07) is 9.84. The van der Waals surface area contributed by atoms with Crippen molar-refractivity contribution in [2.45, 2.75) is 25.1 Å². The Hall–Kier alpha value is -1.02. The first-order chi connectivity index (χ1) is 8.18. The van der Waals surface area contributed by atoms with Gasteiger partial charge in [-0.05, 0) is 24.3 Å². The third-order valence-corrected chi connectivity index (χ3v) is 3.77. The van der Waals surface area contributed by atoms with Crippen molar-refractivity contribution in [1.29, 1.82) is 0 Å². The van der Waals surface area contributed by atoms with E-state index >= 15 is 0 Å². The van der Waals surface area contributed by atoms with E-state index in [4.69, 9.17) is 11.6 Å². The minimum Gasteiger partial charge on any atom is -0.354 e. The Labute approximate surface area is 107 Å². The van der Waals surface area contributed by atoms with Crippen LogP contribution in [0, 0.1) is 11.8 Å². The van der Waals surface area contributed by atoms with Crippen LogP contribution < -0.4 is 5.32 Å². The van der Waals surface area contributed by atoms with Crippen LogP contribution in [-0.4, -0.2) is 12.5 Å². The highest BCUT2D eigenvalue weighted by atomic mass is 35.5. The lowest BCUT2D eigenvalue weighted by Gasteiger charge is -2.14. The van der Waals surface area contributed by atoms with Crippen LogP contribution in [0.1, 0.15) is 30.7 Å². The van der Waals surface area contributed by atoms with Gasteiger partial charge in [-0.1, -0.05) is 37.3 Å². The molecule has 1 aromatic carbocycles. The second-order valence-electron chi connectivity index (χ2n) is 4.75. The fraction of sp³-hybridized carbons (Fsp3) is 0.500. The molecule has 1 aliphatic rings. The van der Waals surface area contributed by atoms with E-state index in [1.165, 1.54) is 12.8 Å². The van der Waals surface area contributed by atoms with Gasteiger partial charge < -0.3 is 5.32 Å². The van der Waals surface area contributed by atoms with Crippen LogP contribution >= 0.6 is 11.6 Å². The number of hydrogen-bond donors (Lipinski definition) is 1. The van der Waals surface area contributed by atoms with E-state index in [0.29, 0.717) is 12.5 Å². The molecule has 1 fully saturated rings. The van der Waals surface area contributed by atoms with Crippen molar-refractivity contribution in [2.75, 3.05) is 6.54 Å². The van der Waals surface area contributed by atoms with Gasteiger partial charge in [0.2, 0.25) is 5.91 Å². The molecule has 17 heavy (non-hydrogen) atoms. The Kier molecular flexibility index (Phi) is 4.06. The maximum Gasteiger partial charge on any atom is 0.223 e. The van der Waals surface area contributed by atoms with Crippen molar-refractivity contribution in [3.05, 3.63) is 35.9 Å². The van der Waals surface area contributed by atoms with Gasteiger partial charge in [-0.3, -0.25) is 4.79 Å². The van der Waals surface area contributed by atoms with Crippen LogP contribution in [0.4, 0.5) is 0 Å². The van der Waals surface area contributed by atoms with E-state index < -0.39 is 0 Å². The van der Waals surface area contributed by atoms with Crippen molar-refractivity contribution in [3.8, 4) is 0 Å². The van der Waals surface area contributed by atoms with Crippen molar-refractivity contribution < 1.29 is 4.79 Å². The van der Waals surface area contributed by atoms with Crippen molar-refractivity contribution >= 4 is 17.5 Å². The lowest BCUT2D eigenvalue weighted by atomic mass is 10.1. The molecule has 0 radical (unpaired) electrons. The third-order valence-electron chi connectivity index (χ3n) is 3.36. The average molecular weight is 252 g/mol. The molecule has 1 aromatic rings. The summed E-state index contributed by atoms with van der Waals surface area (Å²) in [5.41, 5.74) is 1.05. The normalized spacial score (nSPS) is 18.5. The average Bonchev–Trinajstić information content (AvgIpc) is 3.20. The van der Waals surface area contributed by atoms with Crippen LogP contribution in [-0.2, 0) is 4.79 Å². The standard InChI is InChI=1S/C14H18ClNO/c1-10(11-7-8-11)14(17)16-9-13(15)12-5-3-2-4-6-12/h2-6,10-11,13H,7-9H2,1H3,(H,16,17). The number of benzene rings is 1. The summed E-state index contributed by atoms with van der Waals surface area (Å²) in [7, 11) is 0. The van der Waals surface area contributed by atoms with Crippen LogP contribution in [0.15, 0.2) is 30.3 Å². The van der Waals surface area contributed by atoms with Crippen molar-refractivity contribution in [3.63, 3.8) is 0 Å². The number of amides is 1. The molecule has 1 amide bonds. The van der Waals surface area contributed by atoms with Gasteiger partial charge in [-0.15, -0.1) is 11.6 Å². The van der Waals surface area contributed by atoms with Crippen LogP contribution in [0.2, 0.25) is 0 Å². The predicted octanol–water partition coefficient (Wildman–Crippen LogP) is 3.13. The fourth-order valence-electron chi connectivity index (χ4n) is 1.94. The molecule has 0 aliphatic heterocycles. The number of halogens is 1. The van der Waals surface area contributed by atoms with Gasteiger partial charge in [0.25, 0.3) is 0 Å². The van der Waals surface area contributed by atoms with Gasteiger partial charge >= 0.3 is 0 Å². The Morgan fingerprint density at radius 2 is 2.06 bits per heavy atom. The number of carbonyl (C=O) groups is 1. The predicted molar refractivity (Wildman–Crippen MR) is 69.9 cm³/mol. The quantitative estimate of drug-likeness (QED) is 0.801. The summed E-state index contributed by atoms with van der Waals surface area (Å²) in [6.07, 6.45) is 2.38. The van der Waals surface area contributed by atoms with Gasteiger partial charge in [-0.25, -0.2) is 0 Å². The summed E-state index contributed by atoms with van der Waals surface area (Å²) in [5.74, 6) is 0.865. The molecule has 0 spiro atoms. The van der Waals surface area contributed by atoms with Crippen LogP contribution in [0.3, 0.4) is 0 Å². The zero-order chi connectivity index (χ0) is 12.3. The molecule has 2 atom stereocenters. The molecule has 0 heterocycles. The Bertz CT molecular complexity index is 375. The highest BCUT2D eigenvalue weighted by molar-refractivity contribution is 6.21. The highest BCUT2D eigenvalue weighted by Gasteiger charge is 2.32. The lowest BCUT2D eigenvalue weighted by molar-refractivity contribution is -0.125. The maximum atomic E-state index is 11.8. The second-order valence-corrected chi connectivity index (χ2v) is 5.28. The summed E-state index contributed by atoms with van der Waals surface area (Å²) in [5, 5.41) is 2.78. The second kappa shape index (κ2) is 5.54. The minimum atomic E-state index is -0.147. The molecule has 2 unspecified atom stereocenters. The first-order valence-corrected chi connectivity index (χ1v) is 6.59. The van der Waals surface area contributed by atoms with Gasteiger partial charge in [0.1, 0.15) is 0 Å². The molecule has 1 saturated carbocycles. The summed E-state index contributed by atoms with van der Waals surface area (Å²) in [4.78, 5) is 11.8. The summed E-state index contributed by atoms with van der Waals surface area (Å²) < 4.78 is 0. The molecule has 0 saturated heterocycles. The topological polar surface area (TPSA) is 29.1 Å².